The highest BCUT2D eigenvalue weighted by Gasteiger charge is 2.18. The third-order valence-corrected chi connectivity index (χ3v) is 2.94. The number of rotatable bonds is 2. The summed E-state index contributed by atoms with van der Waals surface area (Å²) in [6.45, 7) is 3.18. The minimum atomic E-state index is -0.455. The Bertz CT molecular complexity index is 462. The fourth-order valence-electron chi connectivity index (χ4n) is 1.87. The molecule has 1 atom stereocenters. The van der Waals surface area contributed by atoms with E-state index in [-0.39, 0.29) is 11.3 Å². The SMILES string of the molecule is CC(=O)C(C)n1nc2c(cc1=O)CCC2. The molecule has 0 N–H and O–H groups in total. The number of carbonyl (C=O) groups is 1. The van der Waals surface area contributed by atoms with Gasteiger partial charge in [-0.3, -0.25) is 9.59 Å². The number of nitrogens with zero attached hydrogens (tertiary/aromatic N) is 2. The highest BCUT2D eigenvalue weighted by atomic mass is 16.1. The van der Waals surface area contributed by atoms with Gasteiger partial charge < -0.3 is 0 Å². The average Bonchev–Trinajstić information content (AvgIpc) is 2.62. The number of aromatic nitrogens is 2. The highest BCUT2D eigenvalue weighted by molar-refractivity contribution is 5.79. The summed E-state index contributed by atoms with van der Waals surface area (Å²) in [4.78, 5) is 22.9. The van der Waals surface area contributed by atoms with Crippen molar-refractivity contribution in [3.8, 4) is 0 Å². The minimum absolute atomic E-state index is 0.0393. The maximum atomic E-state index is 11.7. The molecule has 0 aliphatic heterocycles. The van der Waals surface area contributed by atoms with Crippen molar-refractivity contribution in [2.24, 2.45) is 0 Å². The van der Waals surface area contributed by atoms with E-state index in [0.717, 1.165) is 30.5 Å². The summed E-state index contributed by atoms with van der Waals surface area (Å²) in [7, 11) is 0. The second-order valence-electron chi connectivity index (χ2n) is 4.04. The molecule has 0 amide bonds. The maximum absolute atomic E-state index is 11.7. The van der Waals surface area contributed by atoms with E-state index in [0.29, 0.717) is 0 Å². The number of hydrogen-bond donors (Lipinski definition) is 0. The first-order valence-electron chi connectivity index (χ1n) is 5.21. The number of carbonyl (C=O) groups excluding carboxylic acids is 1. The molecule has 1 unspecified atom stereocenters. The molecule has 0 saturated heterocycles. The largest absolute Gasteiger partial charge is 0.298 e. The summed E-state index contributed by atoms with van der Waals surface area (Å²) in [5.41, 5.74) is 1.85. The van der Waals surface area contributed by atoms with Crippen LogP contribution in [0.5, 0.6) is 0 Å². The lowest BCUT2D eigenvalue weighted by Gasteiger charge is -2.11. The quantitative estimate of drug-likeness (QED) is 0.721. The molecule has 1 heterocycles. The van der Waals surface area contributed by atoms with Crippen LogP contribution in [0.2, 0.25) is 0 Å². The van der Waals surface area contributed by atoms with Crippen LogP contribution in [0.3, 0.4) is 0 Å². The van der Waals surface area contributed by atoms with Crippen LogP contribution >= 0.6 is 0 Å². The second kappa shape index (κ2) is 3.61. The molecule has 0 radical (unpaired) electrons. The first kappa shape index (κ1) is 10.1. The zero-order valence-electron chi connectivity index (χ0n) is 8.99. The second-order valence-corrected chi connectivity index (χ2v) is 4.04. The van der Waals surface area contributed by atoms with Crippen molar-refractivity contribution >= 4 is 5.78 Å². The lowest BCUT2D eigenvalue weighted by atomic mass is 10.2. The van der Waals surface area contributed by atoms with E-state index in [4.69, 9.17) is 0 Å². The number of Topliss-reactive ketones (excluding diaryl/α,β-unsaturated/α-hetero) is 1. The van der Waals surface area contributed by atoms with Crippen LogP contribution in [0.4, 0.5) is 0 Å². The maximum Gasteiger partial charge on any atom is 0.267 e. The van der Waals surface area contributed by atoms with E-state index in [1.807, 2.05) is 0 Å². The van der Waals surface area contributed by atoms with Crippen molar-refractivity contribution < 1.29 is 4.79 Å². The van der Waals surface area contributed by atoms with E-state index < -0.39 is 6.04 Å². The molecule has 0 fully saturated rings. The first-order valence-corrected chi connectivity index (χ1v) is 5.21. The van der Waals surface area contributed by atoms with Gasteiger partial charge in [-0.25, -0.2) is 4.68 Å². The summed E-state index contributed by atoms with van der Waals surface area (Å²) >= 11 is 0. The Morgan fingerprint density at radius 1 is 1.53 bits per heavy atom. The van der Waals surface area contributed by atoms with E-state index in [9.17, 15) is 9.59 Å². The Kier molecular flexibility index (Phi) is 2.42. The molecule has 0 aromatic carbocycles. The van der Waals surface area contributed by atoms with Crippen LogP contribution in [0.1, 0.15) is 37.6 Å². The molecule has 1 aliphatic carbocycles. The molecular weight excluding hydrogens is 192 g/mol. The van der Waals surface area contributed by atoms with E-state index in [1.165, 1.54) is 11.6 Å². The summed E-state index contributed by atoms with van der Waals surface area (Å²) < 4.78 is 1.30. The first-order chi connectivity index (χ1) is 7.09. The van der Waals surface area contributed by atoms with Crippen molar-refractivity contribution in [2.45, 2.75) is 39.2 Å². The molecule has 4 nitrogen and oxygen atoms in total. The van der Waals surface area contributed by atoms with Crippen LogP contribution < -0.4 is 5.56 Å². The van der Waals surface area contributed by atoms with Crippen LogP contribution in [-0.4, -0.2) is 15.6 Å². The summed E-state index contributed by atoms with van der Waals surface area (Å²) in [5, 5.41) is 4.26. The van der Waals surface area contributed by atoms with Crippen LogP contribution in [-0.2, 0) is 17.6 Å². The Morgan fingerprint density at radius 3 is 2.93 bits per heavy atom. The molecular formula is C11H14N2O2. The lowest BCUT2D eigenvalue weighted by Crippen LogP contribution is -2.30. The number of fused-ring (bicyclic) bond motifs is 1. The zero-order valence-corrected chi connectivity index (χ0v) is 8.99. The van der Waals surface area contributed by atoms with Crippen molar-refractivity contribution in [1.29, 1.82) is 0 Å². The summed E-state index contributed by atoms with van der Waals surface area (Å²) in [5.74, 6) is -0.0393. The summed E-state index contributed by atoms with van der Waals surface area (Å²) in [6, 6.07) is 1.16. The molecule has 0 spiro atoms. The minimum Gasteiger partial charge on any atom is -0.298 e. The van der Waals surface area contributed by atoms with Gasteiger partial charge in [0.15, 0.2) is 5.78 Å². The standard InChI is InChI=1S/C11H14N2O2/c1-7(8(2)14)13-11(15)6-9-4-3-5-10(9)12-13/h6-7H,3-5H2,1-2H3. The fourth-order valence-corrected chi connectivity index (χ4v) is 1.87. The Morgan fingerprint density at radius 2 is 2.27 bits per heavy atom. The van der Waals surface area contributed by atoms with E-state index in [1.54, 1.807) is 13.0 Å². The molecule has 0 saturated carbocycles. The lowest BCUT2D eigenvalue weighted by molar-refractivity contribution is -0.120. The van der Waals surface area contributed by atoms with Gasteiger partial charge in [-0.1, -0.05) is 0 Å². The van der Waals surface area contributed by atoms with Crippen molar-refractivity contribution in [3.63, 3.8) is 0 Å². The third-order valence-electron chi connectivity index (χ3n) is 2.94. The Labute approximate surface area is 87.9 Å². The highest BCUT2D eigenvalue weighted by Crippen LogP contribution is 2.17. The Balaban J connectivity index is 2.49. The normalized spacial score (nSPS) is 16.1. The average molecular weight is 206 g/mol. The van der Waals surface area contributed by atoms with Gasteiger partial charge in [0.05, 0.1) is 5.69 Å². The van der Waals surface area contributed by atoms with Crippen LogP contribution in [0.25, 0.3) is 0 Å². The zero-order chi connectivity index (χ0) is 11.0. The smallest absolute Gasteiger partial charge is 0.267 e. The van der Waals surface area contributed by atoms with Gasteiger partial charge in [0, 0.05) is 6.07 Å². The van der Waals surface area contributed by atoms with Gasteiger partial charge >= 0.3 is 0 Å². The molecule has 80 valence electrons. The number of ketones is 1. The van der Waals surface area contributed by atoms with Gasteiger partial charge in [0.1, 0.15) is 6.04 Å². The third kappa shape index (κ3) is 1.71. The molecule has 0 bridgehead atoms. The fraction of sp³-hybridized carbons (Fsp3) is 0.545. The topological polar surface area (TPSA) is 52.0 Å². The number of hydrogen-bond acceptors (Lipinski definition) is 3. The van der Waals surface area contributed by atoms with E-state index in [2.05, 4.69) is 5.10 Å². The van der Waals surface area contributed by atoms with Gasteiger partial charge in [-0.15, -0.1) is 0 Å². The predicted octanol–water partition coefficient (Wildman–Crippen LogP) is 0.882. The molecule has 1 aromatic heterocycles. The molecule has 1 aliphatic rings. The van der Waals surface area contributed by atoms with Gasteiger partial charge in [0.2, 0.25) is 0 Å². The molecule has 2 rings (SSSR count). The summed E-state index contributed by atoms with van der Waals surface area (Å²) in [6.07, 6.45) is 2.91. The van der Waals surface area contributed by atoms with Gasteiger partial charge in [0.25, 0.3) is 5.56 Å². The monoisotopic (exact) mass is 206 g/mol. The van der Waals surface area contributed by atoms with E-state index >= 15 is 0 Å². The van der Waals surface area contributed by atoms with Crippen molar-refractivity contribution in [3.05, 3.63) is 27.7 Å². The van der Waals surface area contributed by atoms with Crippen LogP contribution in [0, 0.1) is 0 Å². The molecule has 1 aromatic rings. The number of aryl methyl sites for hydroxylation is 2. The molecule has 4 heteroatoms. The van der Waals surface area contributed by atoms with Crippen LogP contribution in [0.15, 0.2) is 10.9 Å². The predicted molar refractivity (Wildman–Crippen MR) is 55.9 cm³/mol. The van der Waals surface area contributed by atoms with Gasteiger partial charge in [-0.05, 0) is 38.7 Å². The Hall–Kier alpha value is -1.45. The van der Waals surface area contributed by atoms with Crippen molar-refractivity contribution in [1.82, 2.24) is 9.78 Å². The molecule has 15 heavy (non-hydrogen) atoms. The van der Waals surface area contributed by atoms with Gasteiger partial charge in [-0.2, -0.15) is 5.10 Å². The van der Waals surface area contributed by atoms with Crippen molar-refractivity contribution in [2.75, 3.05) is 0 Å².